The number of carbonyl (C=O) groups excluding carboxylic acids is 1. The van der Waals surface area contributed by atoms with Crippen LogP contribution >= 0.6 is 7.75 Å². The van der Waals surface area contributed by atoms with Gasteiger partial charge in [0.25, 0.3) is 0 Å². The third-order valence-corrected chi connectivity index (χ3v) is 4.45. The van der Waals surface area contributed by atoms with Gasteiger partial charge in [0.1, 0.15) is 11.3 Å². The molecule has 1 rings (SSSR count). The Bertz CT molecular complexity index is 547. The van der Waals surface area contributed by atoms with E-state index in [0.717, 1.165) is 12.8 Å². The van der Waals surface area contributed by atoms with E-state index in [2.05, 4.69) is 5.09 Å². The van der Waals surface area contributed by atoms with Crippen LogP contribution in [0, 0.1) is 0 Å². The summed E-state index contributed by atoms with van der Waals surface area (Å²) in [5, 5.41) is 2.81. The molecule has 0 fully saturated rings. The number of carbonyl (C=O) groups is 1. The quantitative estimate of drug-likeness (QED) is 0.390. The van der Waals surface area contributed by atoms with Crippen molar-refractivity contribution in [2.75, 3.05) is 13.2 Å². The van der Waals surface area contributed by atoms with Crippen molar-refractivity contribution in [3.8, 4) is 5.75 Å². The fraction of sp³-hybridized carbons (Fsp3) is 0.562. The first-order chi connectivity index (χ1) is 10.9. The van der Waals surface area contributed by atoms with Crippen molar-refractivity contribution in [1.82, 2.24) is 5.09 Å². The zero-order valence-corrected chi connectivity index (χ0v) is 15.1. The first-order valence-electron chi connectivity index (χ1n) is 7.91. The van der Waals surface area contributed by atoms with Crippen molar-refractivity contribution in [1.29, 1.82) is 0 Å². The van der Waals surface area contributed by atoms with Crippen LogP contribution in [0.3, 0.4) is 0 Å². The van der Waals surface area contributed by atoms with Gasteiger partial charge in [-0.05, 0) is 39.3 Å². The highest BCUT2D eigenvalue weighted by Gasteiger charge is 2.28. The molecule has 0 saturated carbocycles. The summed E-state index contributed by atoms with van der Waals surface area (Å²) in [5.41, 5.74) is 0.221. The van der Waals surface area contributed by atoms with Gasteiger partial charge in [-0.1, -0.05) is 25.5 Å². The summed E-state index contributed by atoms with van der Waals surface area (Å²) in [6.45, 7) is 8.03. The number of para-hydroxylation sites is 1. The summed E-state index contributed by atoms with van der Waals surface area (Å²) >= 11 is 0. The van der Waals surface area contributed by atoms with Gasteiger partial charge in [-0.3, -0.25) is 4.52 Å². The molecule has 0 aliphatic rings. The molecule has 0 saturated heterocycles. The minimum Gasteiger partial charge on any atom is -0.459 e. The summed E-state index contributed by atoms with van der Waals surface area (Å²) in [4.78, 5) is 12.1. The SMILES string of the molecule is CCCCNP(=O)(OCC)Oc1ccccc1C(=O)OC(C)C. The average molecular weight is 343 g/mol. The van der Waals surface area contributed by atoms with Crippen LogP contribution in [-0.2, 0) is 13.8 Å². The molecule has 7 heteroatoms. The Morgan fingerprint density at radius 3 is 2.57 bits per heavy atom. The number of hydrogen-bond acceptors (Lipinski definition) is 5. The van der Waals surface area contributed by atoms with Gasteiger partial charge in [0.15, 0.2) is 0 Å². The molecule has 0 radical (unpaired) electrons. The molecular formula is C16H26NO5P. The zero-order chi connectivity index (χ0) is 17.3. The summed E-state index contributed by atoms with van der Waals surface area (Å²) in [7, 11) is -3.53. The molecule has 1 aromatic rings. The Labute approximate surface area is 138 Å². The Balaban J connectivity index is 2.95. The van der Waals surface area contributed by atoms with Gasteiger partial charge in [0.05, 0.1) is 12.7 Å². The summed E-state index contributed by atoms with van der Waals surface area (Å²) in [5.74, 6) is -0.342. The van der Waals surface area contributed by atoms with E-state index in [1.54, 1.807) is 45.0 Å². The van der Waals surface area contributed by atoms with Crippen LogP contribution in [-0.4, -0.2) is 25.2 Å². The molecule has 0 aliphatic heterocycles. The van der Waals surface area contributed by atoms with Crippen LogP contribution in [0.1, 0.15) is 50.9 Å². The summed E-state index contributed by atoms with van der Waals surface area (Å²) < 4.78 is 28.7. The van der Waals surface area contributed by atoms with Crippen LogP contribution in [0.25, 0.3) is 0 Å². The van der Waals surface area contributed by atoms with E-state index in [4.69, 9.17) is 13.8 Å². The number of rotatable bonds is 10. The van der Waals surface area contributed by atoms with Crippen LogP contribution < -0.4 is 9.61 Å². The van der Waals surface area contributed by atoms with Crippen molar-refractivity contribution < 1.29 is 23.1 Å². The van der Waals surface area contributed by atoms with E-state index in [1.807, 2.05) is 6.92 Å². The topological polar surface area (TPSA) is 73.9 Å². The lowest BCUT2D eigenvalue weighted by atomic mass is 10.2. The van der Waals surface area contributed by atoms with Crippen molar-refractivity contribution in [3.63, 3.8) is 0 Å². The highest BCUT2D eigenvalue weighted by Crippen LogP contribution is 2.45. The lowest BCUT2D eigenvalue weighted by Crippen LogP contribution is -2.19. The number of nitrogens with one attached hydrogen (secondary N) is 1. The predicted molar refractivity (Wildman–Crippen MR) is 89.8 cm³/mol. The fourth-order valence-electron chi connectivity index (χ4n) is 1.79. The lowest BCUT2D eigenvalue weighted by molar-refractivity contribution is 0.0376. The van der Waals surface area contributed by atoms with Gasteiger partial charge < -0.3 is 9.26 Å². The molecule has 6 nitrogen and oxygen atoms in total. The van der Waals surface area contributed by atoms with Crippen LogP contribution in [0.4, 0.5) is 0 Å². The molecule has 0 amide bonds. The second-order valence-electron chi connectivity index (χ2n) is 5.22. The normalized spacial score (nSPS) is 13.6. The Kier molecular flexibility index (Phi) is 8.31. The molecule has 1 atom stereocenters. The second-order valence-corrected chi connectivity index (χ2v) is 6.97. The van der Waals surface area contributed by atoms with E-state index in [-0.39, 0.29) is 24.0 Å². The van der Waals surface area contributed by atoms with Gasteiger partial charge in [0, 0.05) is 6.54 Å². The monoisotopic (exact) mass is 343 g/mol. The molecule has 23 heavy (non-hydrogen) atoms. The van der Waals surface area contributed by atoms with Crippen molar-refractivity contribution in [3.05, 3.63) is 29.8 Å². The molecule has 0 spiro atoms. The second kappa shape index (κ2) is 9.71. The molecule has 1 N–H and O–H groups in total. The maximum atomic E-state index is 12.7. The molecule has 1 unspecified atom stereocenters. The maximum Gasteiger partial charge on any atom is 0.458 e. The summed E-state index contributed by atoms with van der Waals surface area (Å²) in [6, 6.07) is 6.54. The molecule has 0 aromatic heterocycles. The smallest absolute Gasteiger partial charge is 0.458 e. The number of hydrogen-bond donors (Lipinski definition) is 1. The fourth-order valence-corrected chi connectivity index (χ4v) is 3.19. The van der Waals surface area contributed by atoms with Gasteiger partial charge in [-0.25, -0.2) is 14.4 Å². The molecule has 0 bridgehead atoms. The third-order valence-electron chi connectivity index (χ3n) is 2.80. The molecule has 1 aromatic carbocycles. The van der Waals surface area contributed by atoms with Gasteiger partial charge in [0.2, 0.25) is 0 Å². The number of unbranched alkanes of at least 4 members (excludes halogenated alkanes) is 1. The Hall–Kier alpha value is -1.36. The highest BCUT2D eigenvalue weighted by atomic mass is 31.2. The number of benzene rings is 1. The van der Waals surface area contributed by atoms with Gasteiger partial charge >= 0.3 is 13.7 Å². The van der Waals surface area contributed by atoms with E-state index in [1.165, 1.54) is 0 Å². The summed E-state index contributed by atoms with van der Waals surface area (Å²) in [6.07, 6.45) is 1.55. The van der Waals surface area contributed by atoms with E-state index in [9.17, 15) is 9.36 Å². The van der Waals surface area contributed by atoms with Crippen LogP contribution in [0.5, 0.6) is 5.75 Å². The first-order valence-corrected chi connectivity index (χ1v) is 9.45. The lowest BCUT2D eigenvalue weighted by Gasteiger charge is -2.20. The Morgan fingerprint density at radius 1 is 1.26 bits per heavy atom. The molecule has 0 heterocycles. The third kappa shape index (κ3) is 6.73. The predicted octanol–water partition coefficient (Wildman–Crippen LogP) is 4.16. The first kappa shape index (κ1) is 19.7. The van der Waals surface area contributed by atoms with E-state index >= 15 is 0 Å². The van der Waals surface area contributed by atoms with Crippen LogP contribution in [0.15, 0.2) is 24.3 Å². The molecular weight excluding hydrogens is 317 g/mol. The van der Waals surface area contributed by atoms with Gasteiger partial charge in [-0.2, -0.15) is 0 Å². The van der Waals surface area contributed by atoms with Crippen molar-refractivity contribution >= 4 is 13.7 Å². The minimum atomic E-state index is -3.53. The number of ether oxygens (including phenoxy) is 1. The average Bonchev–Trinajstić information content (AvgIpc) is 2.47. The maximum absolute atomic E-state index is 12.7. The van der Waals surface area contributed by atoms with Crippen LogP contribution in [0.2, 0.25) is 0 Å². The zero-order valence-electron chi connectivity index (χ0n) is 14.2. The standard InChI is InChI=1S/C16H26NO5P/c1-5-7-12-17-23(19,20-6-2)22-15-11-9-8-10-14(15)16(18)21-13(3)4/h8-11,13H,5-7,12H2,1-4H3,(H,17,19). The van der Waals surface area contributed by atoms with Crippen molar-refractivity contribution in [2.45, 2.75) is 46.6 Å². The number of esters is 1. The van der Waals surface area contributed by atoms with Gasteiger partial charge in [-0.15, -0.1) is 0 Å². The minimum absolute atomic E-state index is 0.180. The van der Waals surface area contributed by atoms with E-state index in [0.29, 0.717) is 6.54 Å². The largest absolute Gasteiger partial charge is 0.459 e. The molecule has 130 valence electrons. The van der Waals surface area contributed by atoms with E-state index < -0.39 is 13.7 Å². The molecule has 0 aliphatic carbocycles. The highest BCUT2D eigenvalue weighted by molar-refractivity contribution is 7.52. The Morgan fingerprint density at radius 2 is 1.96 bits per heavy atom. The van der Waals surface area contributed by atoms with Crippen molar-refractivity contribution in [2.24, 2.45) is 0 Å².